The second-order valence-electron chi connectivity index (χ2n) is 7.55. The molecule has 1 saturated carbocycles. The van der Waals surface area contributed by atoms with Crippen molar-refractivity contribution in [2.45, 2.75) is 18.5 Å². The Hall–Kier alpha value is -2.70. The number of nitrogens with zero attached hydrogens (tertiary/aromatic N) is 2. The van der Waals surface area contributed by atoms with E-state index in [1.807, 2.05) is 24.3 Å². The Balaban J connectivity index is 1.38. The van der Waals surface area contributed by atoms with E-state index in [0.29, 0.717) is 32.6 Å². The van der Waals surface area contributed by atoms with Gasteiger partial charge in [0.05, 0.1) is 12.7 Å². The molecular formula is C22H23F3N2O2. The lowest BCUT2D eigenvalue weighted by Gasteiger charge is -2.36. The molecule has 2 fully saturated rings. The van der Waals surface area contributed by atoms with Crippen LogP contribution in [0.2, 0.25) is 0 Å². The molecule has 1 amide bonds. The lowest BCUT2D eigenvalue weighted by atomic mass is 10.0. The normalized spacial score (nSPS) is 21.8. The maximum atomic E-state index is 13.3. The molecule has 4 nitrogen and oxygen atoms in total. The van der Waals surface area contributed by atoms with E-state index in [-0.39, 0.29) is 23.3 Å². The fourth-order valence-corrected chi connectivity index (χ4v) is 4.12. The molecule has 1 saturated heterocycles. The number of benzene rings is 2. The summed E-state index contributed by atoms with van der Waals surface area (Å²) in [4.78, 5) is 16.8. The minimum atomic E-state index is -4.39. The van der Waals surface area contributed by atoms with Crippen molar-refractivity contribution < 1.29 is 22.7 Å². The zero-order valence-electron chi connectivity index (χ0n) is 16.2. The number of piperazine rings is 1. The maximum absolute atomic E-state index is 13.3. The summed E-state index contributed by atoms with van der Waals surface area (Å²) in [5, 5.41) is 0. The zero-order chi connectivity index (χ0) is 20.6. The molecule has 2 atom stereocenters. The van der Waals surface area contributed by atoms with E-state index in [1.165, 1.54) is 12.1 Å². The molecule has 1 aliphatic carbocycles. The molecule has 1 aliphatic heterocycles. The van der Waals surface area contributed by atoms with Crippen LogP contribution in [0.1, 0.15) is 23.5 Å². The highest BCUT2D eigenvalue weighted by atomic mass is 19.4. The Morgan fingerprint density at radius 1 is 1.03 bits per heavy atom. The van der Waals surface area contributed by atoms with Crippen molar-refractivity contribution in [2.24, 2.45) is 5.92 Å². The summed E-state index contributed by atoms with van der Waals surface area (Å²) >= 11 is 0. The predicted octanol–water partition coefficient (Wildman–Crippen LogP) is 4.17. The molecule has 2 unspecified atom stereocenters. The lowest BCUT2D eigenvalue weighted by molar-refractivity contribution is -0.138. The van der Waals surface area contributed by atoms with Crippen LogP contribution in [0.25, 0.3) is 0 Å². The Morgan fingerprint density at radius 3 is 2.45 bits per heavy atom. The van der Waals surface area contributed by atoms with Gasteiger partial charge in [-0.1, -0.05) is 24.3 Å². The summed E-state index contributed by atoms with van der Waals surface area (Å²) in [5.74, 6) is 0.0704. The second kappa shape index (κ2) is 7.61. The van der Waals surface area contributed by atoms with Crippen LogP contribution in [0, 0.1) is 5.92 Å². The largest absolute Gasteiger partial charge is 0.497 e. The summed E-state index contributed by atoms with van der Waals surface area (Å²) in [7, 11) is 1.62. The Kier molecular flexibility index (Phi) is 5.15. The third-order valence-corrected chi connectivity index (χ3v) is 5.78. The van der Waals surface area contributed by atoms with E-state index in [9.17, 15) is 18.0 Å². The van der Waals surface area contributed by atoms with E-state index in [4.69, 9.17) is 4.74 Å². The zero-order valence-corrected chi connectivity index (χ0v) is 16.2. The standard InChI is InChI=1S/C22H23F3N2O2/c1-29-16-6-4-5-15(13-16)26-9-11-27(12-10-26)21(28)19-14-18(19)17-7-2-3-8-20(17)22(23,24)25/h2-8,13,18-19H,9-12,14H2,1H3. The Morgan fingerprint density at radius 2 is 1.76 bits per heavy atom. The average molecular weight is 404 g/mol. The summed E-state index contributed by atoms with van der Waals surface area (Å²) in [6, 6.07) is 13.4. The van der Waals surface area contributed by atoms with Crippen LogP contribution in [-0.4, -0.2) is 44.1 Å². The monoisotopic (exact) mass is 404 g/mol. The number of hydrogen-bond acceptors (Lipinski definition) is 3. The van der Waals surface area contributed by atoms with Gasteiger partial charge in [0, 0.05) is 43.9 Å². The van der Waals surface area contributed by atoms with Crippen LogP contribution in [0.5, 0.6) is 5.75 Å². The number of halogens is 3. The summed E-state index contributed by atoms with van der Waals surface area (Å²) in [6.45, 7) is 2.52. The highest BCUT2D eigenvalue weighted by Gasteiger charge is 2.49. The molecule has 0 radical (unpaired) electrons. The van der Waals surface area contributed by atoms with Crippen molar-refractivity contribution >= 4 is 11.6 Å². The van der Waals surface area contributed by atoms with Crippen molar-refractivity contribution in [3.05, 3.63) is 59.7 Å². The van der Waals surface area contributed by atoms with Crippen molar-refractivity contribution in [3.8, 4) is 5.75 Å². The van der Waals surface area contributed by atoms with Gasteiger partial charge in [0.2, 0.25) is 5.91 Å². The molecular weight excluding hydrogens is 381 g/mol. The summed E-state index contributed by atoms with van der Waals surface area (Å²) < 4.78 is 45.1. The highest BCUT2D eigenvalue weighted by Crippen LogP contribution is 2.51. The van der Waals surface area contributed by atoms with Gasteiger partial charge < -0.3 is 14.5 Å². The number of carbonyl (C=O) groups is 1. The first kappa shape index (κ1) is 19.6. The van der Waals surface area contributed by atoms with Crippen LogP contribution in [0.3, 0.4) is 0 Å². The van der Waals surface area contributed by atoms with Crippen LogP contribution in [0.15, 0.2) is 48.5 Å². The Labute approximate surface area is 167 Å². The molecule has 1 heterocycles. The SMILES string of the molecule is COc1cccc(N2CCN(C(=O)C3CC3c3ccccc3C(F)(F)F)CC2)c1. The van der Waals surface area contributed by atoms with Crippen LogP contribution >= 0.6 is 0 Å². The number of rotatable bonds is 4. The quantitative estimate of drug-likeness (QED) is 0.767. The molecule has 4 rings (SSSR count). The van der Waals surface area contributed by atoms with E-state index in [0.717, 1.165) is 17.5 Å². The molecule has 2 aromatic rings. The van der Waals surface area contributed by atoms with Gasteiger partial charge in [0.1, 0.15) is 5.75 Å². The molecule has 154 valence electrons. The van der Waals surface area contributed by atoms with Crippen LogP contribution in [-0.2, 0) is 11.0 Å². The maximum Gasteiger partial charge on any atom is 0.416 e. The highest BCUT2D eigenvalue weighted by molar-refractivity contribution is 5.83. The van der Waals surface area contributed by atoms with Gasteiger partial charge in [-0.3, -0.25) is 4.79 Å². The van der Waals surface area contributed by atoms with Crippen molar-refractivity contribution in [1.82, 2.24) is 4.90 Å². The van der Waals surface area contributed by atoms with Crippen molar-refractivity contribution in [3.63, 3.8) is 0 Å². The van der Waals surface area contributed by atoms with Gasteiger partial charge in [0.25, 0.3) is 0 Å². The molecule has 2 aliphatic rings. The topological polar surface area (TPSA) is 32.8 Å². The van der Waals surface area contributed by atoms with Gasteiger partial charge in [-0.15, -0.1) is 0 Å². The number of amides is 1. The van der Waals surface area contributed by atoms with Gasteiger partial charge in [-0.05, 0) is 36.1 Å². The number of alkyl halides is 3. The first-order valence-electron chi connectivity index (χ1n) is 9.72. The third-order valence-electron chi connectivity index (χ3n) is 5.78. The molecule has 0 aromatic heterocycles. The van der Waals surface area contributed by atoms with E-state index < -0.39 is 11.7 Å². The molecule has 29 heavy (non-hydrogen) atoms. The predicted molar refractivity (Wildman–Crippen MR) is 104 cm³/mol. The minimum Gasteiger partial charge on any atom is -0.497 e. The molecule has 2 aromatic carbocycles. The lowest BCUT2D eigenvalue weighted by Crippen LogP contribution is -2.49. The number of hydrogen-bond donors (Lipinski definition) is 0. The third kappa shape index (κ3) is 4.04. The Bertz CT molecular complexity index is 892. The van der Waals surface area contributed by atoms with Gasteiger partial charge in [0.15, 0.2) is 0 Å². The van der Waals surface area contributed by atoms with Gasteiger partial charge in [-0.25, -0.2) is 0 Å². The van der Waals surface area contributed by atoms with Crippen molar-refractivity contribution in [2.75, 3.05) is 38.2 Å². The van der Waals surface area contributed by atoms with Gasteiger partial charge >= 0.3 is 6.18 Å². The van der Waals surface area contributed by atoms with Gasteiger partial charge in [-0.2, -0.15) is 13.2 Å². The average Bonchev–Trinajstić information content (AvgIpc) is 3.53. The summed E-state index contributed by atoms with van der Waals surface area (Å²) in [5.41, 5.74) is 0.663. The number of methoxy groups -OCH3 is 1. The molecule has 0 bridgehead atoms. The second-order valence-corrected chi connectivity index (χ2v) is 7.55. The number of anilines is 1. The molecule has 0 spiro atoms. The minimum absolute atomic E-state index is 0.0303. The van der Waals surface area contributed by atoms with E-state index in [1.54, 1.807) is 18.1 Å². The van der Waals surface area contributed by atoms with E-state index >= 15 is 0 Å². The fourth-order valence-electron chi connectivity index (χ4n) is 4.12. The first-order chi connectivity index (χ1) is 13.9. The fraction of sp³-hybridized carbons (Fsp3) is 0.409. The molecule has 7 heteroatoms. The molecule has 0 N–H and O–H groups in total. The number of carbonyl (C=O) groups excluding carboxylic acids is 1. The first-order valence-corrected chi connectivity index (χ1v) is 9.72. The smallest absolute Gasteiger partial charge is 0.416 e. The summed E-state index contributed by atoms with van der Waals surface area (Å²) in [6.07, 6.45) is -3.91. The van der Waals surface area contributed by atoms with Crippen LogP contribution in [0.4, 0.5) is 18.9 Å². The van der Waals surface area contributed by atoms with Crippen LogP contribution < -0.4 is 9.64 Å². The van der Waals surface area contributed by atoms with E-state index in [2.05, 4.69) is 4.90 Å². The van der Waals surface area contributed by atoms with Crippen molar-refractivity contribution in [1.29, 1.82) is 0 Å². The number of ether oxygens (including phenoxy) is 1.